The number of rotatable bonds is 4. The molecule has 0 aliphatic heterocycles. The van der Waals surface area contributed by atoms with E-state index in [1.54, 1.807) is 0 Å². The van der Waals surface area contributed by atoms with E-state index in [0.29, 0.717) is 0 Å². The van der Waals surface area contributed by atoms with Crippen molar-refractivity contribution in [2.24, 2.45) is 0 Å². The number of hydrogen-bond donors (Lipinski definition) is 0. The van der Waals surface area contributed by atoms with Crippen LogP contribution in [0.25, 0.3) is 0 Å². The van der Waals surface area contributed by atoms with Crippen molar-refractivity contribution in [3.05, 3.63) is 126 Å². The molecule has 0 N–H and O–H groups in total. The molecule has 1 heteroatoms. The molecule has 0 spiro atoms. The van der Waals surface area contributed by atoms with E-state index in [-0.39, 0.29) is 0 Å². The van der Waals surface area contributed by atoms with Crippen LogP contribution < -0.4 is 15.9 Å². The van der Waals surface area contributed by atoms with Gasteiger partial charge in [-0.2, -0.15) is 0 Å². The summed E-state index contributed by atoms with van der Waals surface area (Å²) < 4.78 is 0. The van der Waals surface area contributed by atoms with Gasteiger partial charge in [-0.15, -0.1) is 0 Å². The van der Waals surface area contributed by atoms with Crippen molar-refractivity contribution >= 4 is 23.2 Å². The van der Waals surface area contributed by atoms with Crippen molar-refractivity contribution in [3.8, 4) is 0 Å². The first kappa shape index (κ1) is 15.6. The van der Waals surface area contributed by atoms with Crippen LogP contribution in [-0.4, -0.2) is 0 Å². The predicted octanol–water partition coefficient (Wildman–Crippen LogP) is 4.48. The van der Waals surface area contributed by atoms with E-state index in [0.717, 1.165) is 0 Å². The van der Waals surface area contributed by atoms with E-state index < -0.39 is 7.26 Å². The van der Waals surface area contributed by atoms with Crippen LogP contribution >= 0.6 is 7.26 Å². The van der Waals surface area contributed by atoms with Crippen molar-refractivity contribution in [2.75, 3.05) is 0 Å². The minimum atomic E-state index is -2.35. The monoisotopic (exact) mass is 338 g/mol. The molecule has 4 rings (SSSR count). The Bertz CT molecular complexity index is 889. The van der Waals surface area contributed by atoms with Gasteiger partial charge < -0.3 is 0 Å². The summed E-state index contributed by atoms with van der Waals surface area (Å²) in [6.07, 6.45) is 6.29. The van der Waals surface area contributed by atoms with Crippen LogP contribution in [0.3, 0.4) is 0 Å². The van der Waals surface area contributed by atoms with Crippen LogP contribution in [-0.2, 0) is 0 Å². The van der Waals surface area contributed by atoms with Crippen molar-refractivity contribution < 1.29 is 0 Å². The molecule has 3 aromatic carbocycles. The van der Waals surface area contributed by atoms with Crippen LogP contribution in [0.5, 0.6) is 0 Å². The van der Waals surface area contributed by atoms with Gasteiger partial charge >= 0.3 is 149 Å². The van der Waals surface area contributed by atoms with E-state index in [1.165, 1.54) is 21.2 Å². The molecule has 1 aliphatic rings. The maximum atomic E-state index is 3.19. The molecule has 0 heterocycles. The molecule has 0 saturated carbocycles. The van der Waals surface area contributed by atoms with Crippen LogP contribution in [0.2, 0.25) is 0 Å². The van der Waals surface area contributed by atoms with E-state index in [1.807, 2.05) is 6.08 Å². The second-order valence-corrected chi connectivity index (χ2v) is 9.88. The maximum absolute atomic E-state index is 3.19. The fourth-order valence-electron chi connectivity index (χ4n) is 3.64. The Kier molecular flexibility index (Phi) is 4.34. The van der Waals surface area contributed by atoms with Crippen LogP contribution in [0.1, 0.15) is 0 Å². The SMILES string of the molecule is C1=C=CC([PH](c2ccccc2)(c2ccccc2)c2ccccc2)=CC=1. The molecule has 0 bridgehead atoms. The Hall–Kier alpha value is -2.87. The van der Waals surface area contributed by atoms with Gasteiger partial charge in [0.1, 0.15) is 0 Å². The minimum absolute atomic E-state index is 1.33. The van der Waals surface area contributed by atoms with Gasteiger partial charge in [-0.25, -0.2) is 0 Å². The summed E-state index contributed by atoms with van der Waals surface area (Å²) in [5.41, 5.74) is 6.24. The van der Waals surface area contributed by atoms with Gasteiger partial charge in [0, 0.05) is 0 Å². The number of allylic oxidation sites excluding steroid dienone is 4. The third kappa shape index (κ3) is 2.74. The molecule has 25 heavy (non-hydrogen) atoms. The summed E-state index contributed by atoms with van der Waals surface area (Å²) in [4.78, 5) is 0. The molecule has 0 unspecified atom stereocenters. The Morgan fingerprint density at radius 1 is 0.520 bits per heavy atom. The molecule has 0 fully saturated rings. The van der Waals surface area contributed by atoms with Crippen LogP contribution in [0.4, 0.5) is 0 Å². The normalized spacial score (nSPS) is 13.5. The van der Waals surface area contributed by atoms with Crippen LogP contribution in [0, 0.1) is 0 Å². The summed E-state index contributed by atoms with van der Waals surface area (Å²) in [6, 6.07) is 32.7. The Morgan fingerprint density at radius 3 is 1.32 bits per heavy atom. The Balaban J connectivity index is 2.11. The van der Waals surface area contributed by atoms with Gasteiger partial charge in [0.2, 0.25) is 0 Å². The Morgan fingerprint density at radius 2 is 0.960 bits per heavy atom. The molecule has 0 nitrogen and oxygen atoms in total. The first-order chi connectivity index (χ1) is 12.4. The zero-order valence-corrected chi connectivity index (χ0v) is 14.9. The summed E-state index contributed by atoms with van der Waals surface area (Å²) in [6.45, 7) is 0. The van der Waals surface area contributed by atoms with Crippen LogP contribution in [0.15, 0.2) is 126 Å². The third-order valence-corrected chi connectivity index (χ3v) is 9.49. The van der Waals surface area contributed by atoms with E-state index in [4.69, 9.17) is 0 Å². The Labute approximate surface area is 149 Å². The molecular weight excluding hydrogens is 319 g/mol. The van der Waals surface area contributed by atoms with E-state index >= 15 is 0 Å². The topological polar surface area (TPSA) is 0 Å². The van der Waals surface area contributed by atoms with E-state index in [2.05, 4.69) is 115 Å². The average molecular weight is 338 g/mol. The average Bonchev–Trinajstić information content (AvgIpc) is 2.72. The molecule has 0 aromatic heterocycles. The summed E-state index contributed by atoms with van der Waals surface area (Å²) >= 11 is 0. The van der Waals surface area contributed by atoms with Gasteiger partial charge in [0.25, 0.3) is 0 Å². The third-order valence-electron chi connectivity index (χ3n) is 4.71. The quantitative estimate of drug-likeness (QED) is 0.486. The van der Waals surface area contributed by atoms with Gasteiger partial charge in [-0.05, 0) is 0 Å². The number of hydrogen-bond acceptors (Lipinski definition) is 0. The molecule has 0 radical (unpaired) electrons. The standard InChI is InChI=1S/C24H19P/c1-5-13-21(14-6-1)25(22-15-7-2-8-16-22,23-17-9-3-10-18-23)24-19-11-4-12-20-24/h1-3,5-11,13-20,25H. The van der Waals surface area contributed by atoms with Crippen molar-refractivity contribution in [2.45, 2.75) is 0 Å². The second kappa shape index (κ2) is 6.94. The van der Waals surface area contributed by atoms with Gasteiger partial charge in [0.15, 0.2) is 0 Å². The summed E-state index contributed by atoms with van der Waals surface area (Å²) in [5.74, 6) is 0. The molecule has 0 saturated heterocycles. The molecule has 3 aromatic rings. The molecule has 0 amide bonds. The van der Waals surface area contributed by atoms with Crippen molar-refractivity contribution in [3.63, 3.8) is 0 Å². The zero-order chi connectivity index (χ0) is 17.0. The van der Waals surface area contributed by atoms with Gasteiger partial charge in [-0.1, -0.05) is 0 Å². The molecule has 0 atom stereocenters. The molecule has 1 aliphatic carbocycles. The van der Waals surface area contributed by atoms with Crippen molar-refractivity contribution in [1.29, 1.82) is 0 Å². The zero-order valence-electron chi connectivity index (χ0n) is 13.9. The second-order valence-electron chi connectivity index (χ2n) is 6.07. The summed E-state index contributed by atoms with van der Waals surface area (Å²) in [7, 11) is -2.35. The van der Waals surface area contributed by atoms with Gasteiger partial charge in [-0.3, -0.25) is 0 Å². The first-order valence-corrected chi connectivity index (χ1v) is 10.5. The van der Waals surface area contributed by atoms with Gasteiger partial charge in [0.05, 0.1) is 0 Å². The molecule has 120 valence electrons. The van der Waals surface area contributed by atoms with E-state index in [9.17, 15) is 0 Å². The number of benzene rings is 3. The predicted molar refractivity (Wildman–Crippen MR) is 111 cm³/mol. The first-order valence-electron chi connectivity index (χ1n) is 8.47. The fraction of sp³-hybridized carbons (Fsp3) is 0. The summed E-state index contributed by atoms with van der Waals surface area (Å²) in [5, 5.41) is 5.47. The van der Waals surface area contributed by atoms with Crippen molar-refractivity contribution in [1.82, 2.24) is 0 Å². The fourth-order valence-corrected chi connectivity index (χ4v) is 8.34. The molecular formula is C24H19P.